The molecule has 3 saturated heterocycles. The van der Waals surface area contributed by atoms with Gasteiger partial charge in [-0.25, -0.2) is 0 Å². The molecule has 0 bridgehead atoms. The molecule has 0 unspecified atom stereocenters. The minimum Gasteiger partial charge on any atom is -0.382 e. The van der Waals surface area contributed by atoms with E-state index in [4.69, 9.17) is 0 Å². The van der Waals surface area contributed by atoms with Crippen molar-refractivity contribution in [1.82, 2.24) is 15.1 Å². The fourth-order valence-electron chi connectivity index (χ4n) is 6.21. The van der Waals surface area contributed by atoms with Gasteiger partial charge in [-0.1, -0.05) is 17.8 Å². The number of halogens is 3. The van der Waals surface area contributed by atoms with Gasteiger partial charge >= 0.3 is 6.18 Å². The van der Waals surface area contributed by atoms with Gasteiger partial charge in [-0.15, -0.1) is 0 Å². The second-order valence-corrected chi connectivity index (χ2v) is 12.2. The number of alkyl halides is 3. The van der Waals surface area contributed by atoms with Crippen molar-refractivity contribution in [2.24, 2.45) is 0 Å². The Morgan fingerprint density at radius 3 is 2.29 bits per heavy atom. The Bertz CT molecular complexity index is 1120. The van der Waals surface area contributed by atoms with Gasteiger partial charge in [0.1, 0.15) is 0 Å². The Morgan fingerprint density at radius 1 is 0.868 bits per heavy atom. The predicted octanol–water partition coefficient (Wildman–Crippen LogP) is 5.14. The molecule has 6 rings (SSSR count). The molecule has 38 heavy (non-hydrogen) atoms. The van der Waals surface area contributed by atoms with E-state index in [2.05, 4.69) is 43.5 Å². The fraction of sp³-hybridized carbons (Fsp3) is 0.586. The molecular formula is C29H38F3N5S. The van der Waals surface area contributed by atoms with E-state index < -0.39 is 11.7 Å². The molecule has 4 aliphatic heterocycles. The number of benzene rings is 2. The number of hydrogen-bond acceptors (Lipinski definition) is 6. The summed E-state index contributed by atoms with van der Waals surface area (Å²) < 4.78 is 41.7. The highest BCUT2D eigenvalue weighted by molar-refractivity contribution is 7.99. The monoisotopic (exact) mass is 545 g/mol. The first-order chi connectivity index (χ1) is 18.4. The number of piperidine rings is 1. The number of hydrogen-bond donors (Lipinski definition) is 2. The van der Waals surface area contributed by atoms with E-state index in [1.54, 1.807) is 0 Å². The maximum absolute atomic E-state index is 13.9. The van der Waals surface area contributed by atoms with E-state index in [1.165, 1.54) is 48.0 Å². The molecule has 0 radical (unpaired) electrons. The number of nitrogens with zero attached hydrogens (tertiary/aromatic N) is 3. The zero-order chi connectivity index (χ0) is 26.1. The summed E-state index contributed by atoms with van der Waals surface area (Å²) in [5.74, 6) is 0. The van der Waals surface area contributed by atoms with Gasteiger partial charge in [0, 0.05) is 99.1 Å². The van der Waals surface area contributed by atoms with Crippen LogP contribution in [0.4, 0.5) is 24.5 Å². The van der Waals surface area contributed by atoms with Crippen molar-refractivity contribution in [3.05, 3.63) is 47.0 Å². The normalized spacial score (nSPS) is 21.4. The topological polar surface area (TPSA) is 33.8 Å². The minimum atomic E-state index is -4.36. The molecule has 0 aromatic heterocycles. The molecule has 2 aromatic carbocycles. The van der Waals surface area contributed by atoms with Crippen LogP contribution in [0.1, 0.15) is 42.4 Å². The highest BCUT2D eigenvalue weighted by Crippen LogP contribution is 2.46. The van der Waals surface area contributed by atoms with Crippen LogP contribution in [-0.4, -0.2) is 81.3 Å². The Labute approximate surface area is 228 Å². The molecule has 5 nitrogen and oxygen atoms in total. The summed E-state index contributed by atoms with van der Waals surface area (Å²) in [6.07, 6.45) is 0.613. The number of nitrogens with one attached hydrogen (secondary N) is 2. The average molecular weight is 546 g/mol. The van der Waals surface area contributed by atoms with Gasteiger partial charge in [0.15, 0.2) is 0 Å². The third-order valence-corrected chi connectivity index (χ3v) is 9.72. The van der Waals surface area contributed by atoms with Crippen molar-refractivity contribution in [3.8, 4) is 0 Å². The molecule has 0 spiro atoms. The Kier molecular flexibility index (Phi) is 7.80. The standard InChI is InChI=1S/C29H38F3N5S/c30-29(31,32)22-18-26(34-23-5-11-35(12-6-23)15-16-36-13-7-33-8-14-36)25-17-21-3-4-24(37-9-1-2-10-37)20-27(21)38-28(25)19-22/h3-4,18-20,23,33-34H,1-2,5-17H2. The van der Waals surface area contributed by atoms with E-state index in [1.807, 2.05) is 0 Å². The van der Waals surface area contributed by atoms with Crippen molar-refractivity contribution < 1.29 is 13.2 Å². The zero-order valence-corrected chi connectivity index (χ0v) is 22.8. The molecule has 4 aliphatic rings. The van der Waals surface area contributed by atoms with Gasteiger partial charge in [-0.05, 0) is 61.1 Å². The molecule has 3 fully saturated rings. The van der Waals surface area contributed by atoms with Crippen LogP contribution in [0.2, 0.25) is 0 Å². The van der Waals surface area contributed by atoms with Gasteiger partial charge in [0.2, 0.25) is 0 Å². The first-order valence-corrected chi connectivity index (χ1v) is 15.0. The summed E-state index contributed by atoms with van der Waals surface area (Å²) in [7, 11) is 0. The highest BCUT2D eigenvalue weighted by atomic mass is 32.2. The van der Waals surface area contributed by atoms with Gasteiger partial charge in [0.05, 0.1) is 5.56 Å². The van der Waals surface area contributed by atoms with Crippen molar-refractivity contribution in [3.63, 3.8) is 0 Å². The van der Waals surface area contributed by atoms with Crippen LogP contribution >= 0.6 is 11.8 Å². The SMILES string of the molecule is FC(F)(F)c1cc(NC2CCN(CCN3CCNCC3)CC2)c2c(c1)Sc1cc(N3CCCC3)ccc1C2. The van der Waals surface area contributed by atoms with E-state index in [0.29, 0.717) is 12.1 Å². The average Bonchev–Trinajstić information content (AvgIpc) is 3.47. The molecule has 2 aromatic rings. The third-order valence-electron chi connectivity index (χ3n) is 8.53. The number of piperazine rings is 1. The van der Waals surface area contributed by atoms with Gasteiger partial charge in [-0.3, -0.25) is 4.90 Å². The zero-order valence-electron chi connectivity index (χ0n) is 22.0. The van der Waals surface area contributed by atoms with Crippen LogP contribution in [0.15, 0.2) is 40.1 Å². The molecule has 9 heteroatoms. The highest BCUT2D eigenvalue weighted by Gasteiger charge is 2.34. The molecule has 0 aliphatic carbocycles. The maximum atomic E-state index is 13.9. The van der Waals surface area contributed by atoms with E-state index in [9.17, 15) is 13.2 Å². The predicted molar refractivity (Wildman–Crippen MR) is 149 cm³/mol. The van der Waals surface area contributed by atoms with Crippen LogP contribution < -0.4 is 15.5 Å². The fourth-order valence-corrected chi connectivity index (χ4v) is 7.39. The van der Waals surface area contributed by atoms with Crippen LogP contribution in [0.25, 0.3) is 0 Å². The third kappa shape index (κ3) is 5.96. The first-order valence-electron chi connectivity index (χ1n) is 14.1. The molecule has 4 heterocycles. The maximum Gasteiger partial charge on any atom is 0.416 e. The number of fused-ring (bicyclic) bond motifs is 2. The van der Waals surface area contributed by atoms with Crippen LogP contribution in [0.3, 0.4) is 0 Å². The summed E-state index contributed by atoms with van der Waals surface area (Å²) in [5, 5.41) is 6.97. The van der Waals surface area contributed by atoms with Crippen LogP contribution in [0, 0.1) is 0 Å². The Morgan fingerprint density at radius 2 is 1.58 bits per heavy atom. The van der Waals surface area contributed by atoms with E-state index in [0.717, 1.165) is 93.6 Å². The van der Waals surface area contributed by atoms with Gasteiger partial charge < -0.3 is 20.4 Å². The number of rotatable bonds is 6. The largest absolute Gasteiger partial charge is 0.416 e. The Balaban J connectivity index is 1.15. The van der Waals surface area contributed by atoms with Crippen molar-refractivity contribution in [2.75, 3.05) is 75.7 Å². The summed E-state index contributed by atoms with van der Waals surface area (Å²) in [5.41, 5.74) is 3.50. The lowest BCUT2D eigenvalue weighted by molar-refractivity contribution is -0.137. The molecule has 2 N–H and O–H groups in total. The Hall–Kier alpha value is -1.94. The van der Waals surface area contributed by atoms with Crippen molar-refractivity contribution in [2.45, 2.75) is 54.1 Å². The summed E-state index contributed by atoms with van der Waals surface area (Å²) in [6, 6.07) is 9.44. The van der Waals surface area contributed by atoms with Gasteiger partial charge in [0.25, 0.3) is 0 Å². The van der Waals surface area contributed by atoms with Crippen molar-refractivity contribution >= 4 is 23.1 Å². The molecular weight excluding hydrogens is 507 g/mol. The first kappa shape index (κ1) is 26.3. The lowest BCUT2D eigenvalue weighted by Crippen LogP contribution is -2.48. The second kappa shape index (κ2) is 11.3. The molecule has 206 valence electrons. The van der Waals surface area contributed by atoms with E-state index in [-0.39, 0.29) is 6.04 Å². The number of anilines is 2. The molecule has 0 amide bonds. The molecule has 0 atom stereocenters. The van der Waals surface area contributed by atoms with Gasteiger partial charge in [-0.2, -0.15) is 13.2 Å². The number of likely N-dealkylation sites (tertiary alicyclic amines) is 1. The lowest BCUT2D eigenvalue weighted by Gasteiger charge is -2.36. The van der Waals surface area contributed by atoms with Crippen molar-refractivity contribution in [1.29, 1.82) is 0 Å². The smallest absolute Gasteiger partial charge is 0.382 e. The second-order valence-electron chi connectivity index (χ2n) is 11.1. The summed E-state index contributed by atoms with van der Waals surface area (Å²) >= 11 is 1.50. The van der Waals surface area contributed by atoms with E-state index >= 15 is 0 Å². The minimum absolute atomic E-state index is 0.196. The quantitative estimate of drug-likeness (QED) is 0.447. The van der Waals surface area contributed by atoms with Crippen LogP contribution in [-0.2, 0) is 12.6 Å². The lowest BCUT2D eigenvalue weighted by atomic mass is 9.98. The summed E-state index contributed by atoms with van der Waals surface area (Å²) in [4.78, 5) is 9.23. The summed E-state index contributed by atoms with van der Waals surface area (Å²) in [6.45, 7) is 10.6. The molecule has 0 saturated carbocycles. The van der Waals surface area contributed by atoms with Crippen LogP contribution in [0.5, 0.6) is 0 Å².